The summed E-state index contributed by atoms with van der Waals surface area (Å²) in [7, 11) is 0. The van der Waals surface area contributed by atoms with Gasteiger partial charge in [0, 0.05) is 25.6 Å². The normalized spacial score (nSPS) is 16.4. The molecule has 2 N–H and O–H groups in total. The van der Waals surface area contributed by atoms with Crippen LogP contribution < -0.4 is 10.6 Å². The first-order chi connectivity index (χ1) is 12.4. The van der Waals surface area contributed by atoms with Crippen molar-refractivity contribution in [3.8, 4) is 0 Å². The van der Waals surface area contributed by atoms with Crippen LogP contribution in [0.5, 0.6) is 0 Å². The molecule has 0 saturated carbocycles. The highest BCUT2D eigenvalue weighted by Gasteiger charge is 2.34. The maximum Gasteiger partial charge on any atom is 0.262 e. The van der Waals surface area contributed by atoms with Gasteiger partial charge < -0.3 is 15.5 Å². The Balaban J connectivity index is 2.03. The molecule has 2 rings (SSSR count). The number of piperidine rings is 1. The molecule has 0 spiro atoms. The van der Waals surface area contributed by atoms with E-state index in [1.807, 2.05) is 37.1 Å². The average Bonchev–Trinajstić information content (AvgIpc) is 3.18. The number of rotatable bonds is 7. The molecule has 2 heterocycles. The largest absolute Gasteiger partial charge is 0.354 e. The van der Waals surface area contributed by atoms with E-state index in [2.05, 4.69) is 10.6 Å². The number of thiophene rings is 1. The summed E-state index contributed by atoms with van der Waals surface area (Å²) < 4.78 is 0. The Kier molecular flexibility index (Phi) is 7.63. The number of hydrogen-bond acceptors (Lipinski definition) is 4. The number of carbonyl (C=O) groups excluding carboxylic acids is 3. The van der Waals surface area contributed by atoms with Gasteiger partial charge in [-0.2, -0.15) is 0 Å². The van der Waals surface area contributed by atoms with Crippen LogP contribution in [0.15, 0.2) is 17.5 Å². The summed E-state index contributed by atoms with van der Waals surface area (Å²) in [5, 5.41) is 7.67. The van der Waals surface area contributed by atoms with Gasteiger partial charge in [0.25, 0.3) is 5.91 Å². The lowest BCUT2D eigenvalue weighted by atomic mass is 9.88. The third-order valence-corrected chi connectivity index (χ3v) is 5.55. The second-order valence-electron chi connectivity index (χ2n) is 7.04. The molecular weight excluding hydrogens is 350 g/mol. The van der Waals surface area contributed by atoms with Gasteiger partial charge in [0.2, 0.25) is 11.8 Å². The Labute approximate surface area is 159 Å². The van der Waals surface area contributed by atoms with Crippen LogP contribution in [0.1, 0.15) is 49.7 Å². The third-order valence-electron chi connectivity index (χ3n) is 4.68. The molecule has 1 saturated heterocycles. The van der Waals surface area contributed by atoms with E-state index in [1.54, 1.807) is 6.07 Å². The van der Waals surface area contributed by atoms with Crippen molar-refractivity contribution >= 4 is 29.1 Å². The Morgan fingerprint density at radius 2 is 1.96 bits per heavy atom. The summed E-state index contributed by atoms with van der Waals surface area (Å²) in [6, 6.07) is 3.01. The summed E-state index contributed by atoms with van der Waals surface area (Å²) in [5.41, 5.74) is 0. The predicted octanol–water partition coefficient (Wildman–Crippen LogP) is 2.27. The minimum Gasteiger partial charge on any atom is -0.354 e. The quantitative estimate of drug-likeness (QED) is 0.763. The van der Waals surface area contributed by atoms with Gasteiger partial charge in [-0.15, -0.1) is 11.3 Å². The summed E-state index contributed by atoms with van der Waals surface area (Å²) in [6.45, 7) is 7.65. The topological polar surface area (TPSA) is 78.5 Å². The van der Waals surface area contributed by atoms with Gasteiger partial charge in [-0.25, -0.2) is 0 Å². The van der Waals surface area contributed by atoms with E-state index < -0.39 is 6.04 Å². The van der Waals surface area contributed by atoms with Crippen LogP contribution in [-0.4, -0.2) is 48.3 Å². The standard InChI is InChI=1S/C19H29N3O3S/c1-4-9-20-18(24)16(21-17(23)15-6-5-12-26-15)14-7-10-22(11-8-14)19(25)13(2)3/h5-6,12-14,16H,4,7-11H2,1-3H3,(H,20,24)(H,21,23)/t16-/m0/s1. The van der Waals surface area contributed by atoms with E-state index in [0.29, 0.717) is 37.4 Å². The molecule has 1 aliphatic rings. The molecule has 1 aromatic rings. The average molecular weight is 380 g/mol. The minimum atomic E-state index is -0.563. The summed E-state index contributed by atoms with van der Waals surface area (Å²) in [4.78, 5) is 39.7. The molecule has 7 heteroatoms. The van der Waals surface area contributed by atoms with Crippen molar-refractivity contribution < 1.29 is 14.4 Å². The zero-order valence-corrected chi connectivity index (χ0v) is 16.6. The van der Waals surface area contributed by atoms with Crippen LogP contribution >= 0.6 is 11.3 Å². The Hall–Kier alpha value is -1.89. The van der Waals surface area contributed by atoms with Crippen LogP contribution in [0.3, 0.4) is 0 Å². The summed E-state index contributed by atoms with van der Waals surface area (Å²) in [5.74, 6) is -0.179. The van der Waals surface area contributed by atoms with Gasteiger partial charge in [0.1, 0.15) is 6.04 Å². The molecule has 3 amide bonds. The fourth-order valence-corrected chi connectivity index (χ4v) is 3.82. The second-order valence-corrected chi connectivity index (χ2v) is 7.98. The van der Waals surface area contributed by atoms with Crippen LogP contribution in [0.25, 0.3) is 0 Å². The fraction of sp³-hybridized carbons (Fsp3) is 0.632. The molecule has 0 aliphatic carbocycles. The Bertz CT molecular complexity index is 608. The van der Waals surface area contributed by atoms with Crippen LogP contribution in [0, 0.1) is 11.8 Å². The van der Waals surface area contributed by atoms with E-state index in [9.17, 15) is 14.4 Å². The number of nitrogens with zero attached hydrogens (tertiary/aromatic N) is 1. The predicted molar refractivity (Wildman–Crippen MR) is 103 cm³/mol. The molecule has 1 atom stereocenters. The number of hydrogen-bond donors (Lipinski definition) is 2. The maximum atomic E-state index is 12.6. The van der Waals surface area contributed by atoms with E-state index in [4.69, 9.17) is 0 Å². The molecule has 1 aliphatic heterocycles. The van der Waals surface area contributed by atoms with Gasteiger partial charge in [-0.3, -0.25) is 14.4 Å². The molecular formula is C19H29N3O3S. The molecule has 1 fully saturated rings. The molecule has 0 aromatic carbocycles. The first kappa shape index (κ1) is 20.4. The van der Waals surface area contributed by atoms with Gasteiger partial charge in [0.15, 0.2) is 0 Å². The van der Waals surface area contributed by atoms with Crippen molar-refractivity contribution in [3.05, 3.63) is 22.4 Å². The van der Waals surface area contributed by atoms with Gasteiger partial charge in [-0.1, -0.05) is 26.8 Å². The van der Waals surface area contributed by atoms with Gasteiger partial charge in [0.05, 0.1) is 4.88 Å². The van der Waals surface area contributed by atoms with E-state index in [0.717, 1.165) is 6.42 Å². The zero-order valence-electron chi connectivity index (χ0n) is 15.8. The van der Waals surface area contributed by atoms with Crippen LogP contribution in [0.2, 0.25) is 0 Å². The van der Waals surface area contributed by atoms with E-state index in [1.165, 1.54) is 11.3 Å². The lowest BCUT2D eigenvalue weighted by molar-refractivity contribution is -0.136. The second kappa shape index (κ2) is 9.71. The first-order valence-electron chi connectivity index (χ1n) is 9.34. The van der Waals surface area contributed by atoms with Crippen molar-refractivity contribution in [2.24, 2.45) is 11.8 Å². The number of nitrogens with one attached hydrogen (secondary N) is 2. The van der Waals surface area contributed by atoms with E-state index in [-0.39, 0.29) is 29.6 Å². The maximum absolute atomic E-state index is 12.6. The first-order valence-corrected chi connectivity index (χ1v) is 10.2. The molecule has 6 nitrogen and oxygen atoms in total. The summed E-state index contributed by atoms with van der Waals surface area (Å²) >= 11 is 1.36. The third kappa shape index (κ3) is 5.30. The van der Waals surface area contributed by atoms with Crippen molar-refractivity contribution in [2.75, 3.05) is 19.6 Å². The van der Waals surface area contributed by atoms with Gasteiger partial charge in [-0.05, 0) is 36.6 Å². The number of likely N-dealkylation sites (tertiary alicyclic amines) is 1. The fourth-order valence-electron chi connectivity index (χ4n) is 3.19. The van der Waals surface area contributed by atoms with Crippen LogP contribution in [0.4, 0.5) is 0 Å². The van der Waals surface area contributed by atoms with E-state index >= 15 is 0 Å². The van der Waals surface area contributed by atoms with Crippen LogP contribution in [-0.2, 0) is 9.59 Å². The Morgan fingerprint density at radius 3 is 2.50 bits per heavy atom. The molecule has 0 radical (unpaired) electrons. The Morgan fingerprint density at radius 1 is 1.27 bits per heavy atom. The van der Waals surface area contributed by atoms with Crippen molar-refractivity contribution in [1.29, 1.82) is 0 Å². The van der Waals surface area contributed by atoms with Crippen molar-refractivity contribution in [3.63, 3.8) is 0 Å². The molecule has 1 aromatic heterocycles. The SMILES string of the molecule is CCCNC(=O)[C@@H](NC(=O)c1cccs1)C1CCN(C(=O)C(C)C)CC1. The highest BCUT2D eigenvalue weighted by molar-refractivity contribution is 7.12. The minimum absolute atomic E-state index is 0.0197. The van der Waals surface area contributed by atoms with Crippen molar-refractivity contribution in [1.82, 2.24) is 15.5 Å². The molecule has 144 valence electrons. The van der Waals surface area contributed by atoms with Crippen molar-refractivity contribution in [2.45, 2.75) is 46.1 Å². The van der Waals surface area contributed by atoms with Gasteiger partial charge >= 0.3 is 0 Å². The highest BCUT2D eigenvalue weighted by atomic mass is 32.1. The molecule has 0 bridgehead atoms. The smallest absolute Gasteiger partial charge is 0.262 e. The lowest BCUT2D eigenvalue weighted by Crippen LogP contribution is -2.54. The molecule has 26 heavy (non-hydrogen) atoms. The zero-order chi connectivity index (χ0) is 19.1. The molecule has 0 unspecified atom stereocenters. The highest BCUT2D eigenvalue weighted by Crippen LogP contribution is 2.23. The lowest BCUT2D eigenvalue weighted by Gasteiger charge is -2.36. The number of carbonyl (C=O) groups is 3. The summed E-state index contributed by atoms with van der Waals surface area (Å²) in [6.07, 6.45) is 2.28. The monoisotopic (exact) mass is 379 g/mol. The number of amides is 3.